The topological polar surface area (TPSA) is 91.4 Å². The Morgan fingerprint density at radius 3 is 2.44 bits per heavy atom. The van der Waals surface area contributed by atoms with E-state index in [0.29, 0.717) is 23.7 Å². The number of nitrogens with zero attached hydrogens (tertiary/aromatic N) is 5. The lowest BCUT2D eigenvalue weighted by atomic mass is 10.1. The fraction of sp³-hybridized carbons (Fsp3) is 0.333. The number of hydrogen-bond acceptors (Lipinski definition) is 6. The fourth-order valence-corrected chi connectivity index (χ4v) is 4.69. The van der Waals surface area contributed by atoms with Gasteiger partial charge in [-0.1, -0.05) is 56.3 Å². The Kier molecular flexibility index (Phi) is 6.22. The number of esters is 1. The third kappa shape index (κ3) is 4.21. The maximum Gasteiger partial charge on any atom is 0.333 e. The van der Waals surface area contributed by atoms with Crippen LogP contribution < -0.4 is 16.1 Å². The van der Waals surface area contributed by atoms with Crippen LogP contribution in [-0.2, 0) is 42.7 Å². The second kappa shape index (κ2) is 9.49. The molecule has 1 atom stereocenters. The molecule has 0 fully saturated rings. The first kappa shape index (κ1) is 23.6. The SMILES string of the molecule is CCc1ccc(N2C[C@H](C)Cn3c2nc2c3c(=O)n(CC(=O)OCc3ccccc3)c(=O)n2C)cc1. The van der Waals surface area contributed by atoms with Gasteiger partial charge in [-0.25, -0.2) is 9.36 Å². The summed E-state index contributed by atoms with van der Waals surface area (Å²) in [6, 6.07) is 17.5. The van der Waals surface area contributed by atoms with Crippen molar-refractivity contribution in [3.63, 3.8) is 0 Å². The summed E-state index contributed by atoms with van der Waals surface area (Å²) < 4.78 is 9.45. The highest BCUT2D eigenvalue weighted by Gasteiger charge is 2.30. The molecule has 0 aliphatic carbocycles. The van der Waals surface area contributed by atoms with Crippen LogP contribution in [-0.4, -0.2) is 31.2 Å². The van der Waals surface area contributed by atoms with Crippen LogP contribution in [0.4, 0.5) is 11.6 Å². The molecule has 0 spiro atoms. The van der Waals surface area contributed by atoms with Crippen LogP contribution in [0.25, 0.3) is 11.2 Å². The third-order valence-corrected chi connectivity index (χ3v) is 6.63. The molecular weight excluding hydrogens is 458 g/mol. The largest absolute Gasteiger partial charge is 0.459 e. The van der Waals surface area contributed by atoms with Crippen LogP contribution in [0.15, 0.2) is 64.2 Å². The van der Waals surface area contributed by atoms with Gasteiger partial charge in [0.15, 0.2) is 11.2 Å². The second-order valence-electron chi connectivity index (χ2n) is 9.31. The highest BCUT2D eigenvalue weighted by Crippen LogP contribution is 2.32. The minimum atomic E-state index is -0.651. The molecule has 0 saturated heterocycles. The van der Waals surface area contributed by atoms with Crippen molar-refractivity contribution in [1.29, 1.82) is 0 Å². The van der Waals surface area contributed by atoms with Crippen molar-refractivity contribution in [3.8, 4) is 0 Å². The van der Waals surface area contributed by atoms with Crippen molar-refractivity contribution >= 4 is 28.8 Å². The predicted molar refractivity (Wildman–Crippen MR) is 137 cm³/mol. The van der Waals surface area contributed by atoms with Gasteiger partial charge in [0.2, 0.25) is 5.95 Å². The molecule has 0 unspecified atom stereocenters. The molecule has 0 bridgehead atoms. The van der Waals surface area contributed by atoms with E-state index in [0.717, 1.165) is 28.8 Å². The molecule has 3 heterocycles. The van der Waals surface area contributed by atoms with Gasteiger partial charge < -0.3 is 14.2 Å². The molecule has 186 valence electrons. The lowest BCUT2D eigenvalue weighted by Crippen LogP contribution is -2.42. The van der Waals surface area contributed by atoms with Gasteiger partial charge in [-0.05, 0) is 35.6 Å². The van der Waals surface area contributed by atoms with Gasteiger partial charge in [0.1, 0.15) is 13.2 Å². The van der Waals surface area contributed by atoms with E-state index in [-0.39, 0.29) is 12.5 Å². The van der Waals surface area contributed by atoms with E-state index in [4.69, 9.17) is 9.72 Å². The van der Waals surface area contributed by atoms with Crippen LogP contribution >= 0.6 is 0 Å². The molecule has 9 heteroatoms. The summed E-state index contributed by atoms with van der Waals surface area (Å²) in [5.41, 5.74) is 2.51. The summed E-state index contributed by atoms with van der Waals surface area (Å²) in [5, 5.41) is 0. The molecule has 0 radical (unpaired) electrons. The van der Waals surface area contributed by atoms with E-state index in [1.807, 2.05) is 34.9 Å². The number of carbonyl (C=O) groups excluding carboxylic acids is 1. The summed E-state index contributed by atoms with van der Waals surface area (Å²) in [6.45, 7) is 5.16. The molecule has 0 amide bonds. The summed E-state index contributed by atoms with van der Waals surface area (Å²) >= 11 is 0. The lowest BCUT2D eigenvalue weighted by molar-refractivity contribution is -0.145. The zero-order chi connectivity index (χ0) is 25.4. The zero-order valence-electron chi connectivity index (χ0n) is 20.7. The van der Waals surface area contributed by atoms with Gasteiger partial charge in [-0.15, -0.1) is 0 Å². The first-order chi connectivity index (χ1) is 17.4. The number of ether oxygens (including phenoxy) is 1. The van der Waals surface area contributed by atoms with Crippen molar-refractivity contribution in [1.82, 2.24) is 18.7 Å². The number of hydrogen-bond donors (Lipinski definition) is 0. The molecule has 0 saturated carbocycles. The van der Waals surface area contributed by atoms with Crippen molar-refractivity contribution in [3.05, 3.63) is 86.6 Å². The Morgan fingerprint density at radius 1 is 1.03 bits per heavy atom. The molecule has 0 N–H and O–H groups in total. The number of rotatable bonds is 6. The zero-order valence-corrected chi connectivity index (χ0v) is 20.7. The fourth-order valence-electron chi connectivity index (χ4n) is 4.69. The highest BCUT2D eigenvalue weighted by molar-refractivity contribution is 5.77. The lowest BCUT2D eigenvalue weighted by Gasteiger charge is -2.33. The van der Waals surface area contributed by atoms with Gasteiger partial charge >= 0.3 is 11.7 Å². The second-order valence-corrected chi connectivity index (χ2v) is 9.31. The van der Waals surface area contributed by atoms with Gasteiger partial charge in [-0.2, -0.15) is 4.98 Å². The van der Waals surface area contributed by atoms with E-state index in [1.165, 1.54) is 10.1 Å². The predicted octanol–water partition coefficient (Wildman–Crippen LogP) is 2.99. The quantitative estimate of drug-likeness (QED) is 0.389. The Bertz CT molecular complexity index is 1530. The highest BCUT2D eigenvalue weighted by atomic mass is 16.5. The number of aromatic nitrogens is 4. The van der Waals surface area contributed by atoms with Crippen molar-refractivity contribution in [2.24, 2.45) is 13.0 Å². The third-order valence-electron chi connectivity index (χ3n) is 6.63. The van der Waals surface area contributed by atoms with Gasteiger partial charge in [-0.3, -0.25) is 14.2 Å². The maximum absolute atomic E-state index is 13.5. The first-order valence-electron chi connectivity index (χ1n) is 12.1. The molecular formula is C27H29N5O4. The van der Waals surface area contributed by atoms with Crippen molar-refractivity contribution in [2.75, 3.05) is 11.4 Å². The van der Waals surface area contributed by atoms with E-state index < -0.39 is 23.8 Å². The molecule has 2 aromatic carbocycles. The van der Waals surface area contributed by atoms with Gasteiger partial charge in [0, 0.05) is 25.8 Å². The summed E-state index contributed by atoms with van der Waals surface area (Å²) in [6.07, 6.45) is 0.949. The molecule has 4 aromatic rings. The molecule has 5 rings (SSSR count). The standard InChI is InChI=1S/C27H29N5O4/c1-4-19-10-12-21(13-11-19)30-14-18(2)15-31-23-24(28-26(30)31)29(3)27(35)32(25(23)34)16-22(33)36-17-20-8-6-5-7-9-20/h5-13,18H,4,14-17H2,1-3H3/t18-/m0/s1. The number of anilines is 2. The Balaban J connectivity index is 1.53. The van der Waals surface area contributed by atoms with Gasteiger partial charge in [0.25, 0.3) is 5.56 Å². The van der Waals surface area contributed by atoms with Crippen LogP contribution in [0, 0.1) is 5.92 Å². The molecule has 2 aromatic heterocycles. The average molecular weight is 488 g/mol. The smallest absolute Gasteiger partial charge is 0.333 e. The summed E-state index contributed by atoms with van der Waals surface area (Å²) in [7, 11) is 1.57. The monoisotopic (exact) mass is 487 g/mol. The van der Waals surface area contributed by atoms with Crippen LogP contribution in [0.1, 0.15) is 25.0 Å². The minimum absolute atomic E-state index is 0.0718. The van der Waals surface area contributed by atoms with E-state index in [1.54, 1.807) is 7.05 Å². The van der Waals surface area contributed by atoms with E-state index >= 15 is 0 Å². The van der Waals surface area contributed by atoms with E-state index in [2.05, 4.69) is 43.0 Å². The molecule has 36 heavy (non-hydrogen) atoms. The number of fused-ring (bicyclic) bond motifs is 3. The van der Waals surface area contributed by atoms with E-state index in [9.17, 15) is 14.4 Å². The number of aryl methyl sites for hydroxylation is 2. The van der Waals surface area contributed by atoms with Crippen LogP contribution in [0.5, 0.6) is 0 Å². The Hall–Kier alpha value is -4.14. The molecule has 9 nitrogen and oxygen atoms in total. The van der Waals surface area contributed by atoms with Crippen LogP contribution in [0.3, 0.4) is 0 Å². The van der Waals surface area contributed by atoms with Crippen LogP contribution in [0.2, 0.25) is 0 Å². The summed E-state index contributed by atoms with van der Waals surface area (Å²) in [4.78, 5) is 46.0. The Morgan fingerprint density at radius 2 is 1.75 bits per heavy atom. The molecule has 1 aliphatic heterocycles. The maximum atomic E-state index is 13.5. The number of carbonyl (C=O) groups is 1. The van der Waals surface area contributed by atoms with Crippen molar-refractivity contribution in [2.45, 2.75) is 40.0 Å². The average Bonchev–Trinajstić information content (AvgIpc) is 3.28. The number of benzene rings is 2. The Labute approximate surface area is 208 Å². The minimum Gasteiger partial charge on any atom is -0.459 e. The number of imidazole rings is 1. The normalized spacial score (nSPS) is 15.2. The molecule has 1 aliphatic rings. The van der Waals surface area contributed by atoms with Gasteiger partial charge in [0.05, 0.1) is 0 Å². The first-order valence-corrected chi connectivity index (χ1v) is 12.1. The van der Waals surface area contributed by atoms with Crippen molar-refractivity contribution < 1.29 is 9.53 Å². The summed E-state index contributed by atoms with van der Waals surface area (Å²) in [5.74, 6) is 0.201.